The van der Waals surface area contributed by atoms with Gasteiger partial charge in [0.25, 0.3) is 11.8 Å². The van der Waals surface area contributed by atoms with Gasteiger partial charge in [-0.15, -0.1) is 0 Å². The van der Waals surface area contributed by atoms with E-state index in [1.165, 1.54) is 12.1 Å². The van der Waals surface area contributed by atoms with E-state index in [9.17, 15) is 14.0 Å². The van der Waals surface area contributed by atoms with Crippen molar-refractivity contribution in [3.63, 3.8) is 0 Å². The largest absolute Gasteiger partial charge is 0.497 e. The maximum atomic E-state index is 13.8. The zero-order valence-corrected chi connectivity index (χ0v) is 19.7. The van der Waals surface area contributed by atoms with Crippen molar-refractivity contribution in [3.05, 3.63) is 95.3 Å². The normalized spacial score (nSPS) is 17.5. The molecule has 7 heteroatoms. The Balaban J connectivity index is 1.49. The zero-order valence-electron chi connectivity index (χ0n) is 19.7. The highest BCUT2D eigenvalue weighted by Crippen LogP contribution is 2.26. The van der Waals surface area contributed by atoms with Gasteiger partial charge in [-0.2, -0.15) is 0 Å². The number of nitrogens with two attached hydrogens (primary N) is 1. The number of benzene rings is 3. The van der Waals surface area contributed by atoms with Gasteiger partial charge in [-0.1, -0.05) is 31.0 Å². The van der Waals surface area contributed by atoms with Gasteiger partial charge in [0, 0.05) is 35.4 Å². The number of hydrogen-bond donors (Lipinski definition) is 2. The van der Waals surface area contributed by atoms with Crippen LogP contribution in [0.15, 0.2) is 72.8 Å². The first kappa shape index (κ1) is 24.4. The van der Waals surface area contributed by atoms with Crippen LogP contribution in [0.1, 0.15) is 52.0 Å². The van der Waals surface area contributed by atoms with E-state index in [-0.39, 0.29) is 23.9 Å². The average molecular weight is 476 g/mol. The average Bonchev–Trinajstić information content (AvgIpc) is 2.88. The lowest BCUT2D eigenvalue weighted by Crippen LogP contribution is -2.51. The summed E-state index contributed by atoms with van der Waals surface area (Å²) in [6.07, 6.45) is 3.72. The molecule has 3 aromatic carbocycles. The molecule has 3 N–H and O–H groups in total. The van der Waals surface area contributed by atoms with Crippen LogP contribution in [0, 0.1) is 5.82 Å². The number of carbonyl (C=O) groups excluding carboxylic acids is 2. The van der Waals surface area contributed by atoms with E-state index < -0.39 is 5.82 Å². The van der Waals surface area contributed by atoms with Gasteiger partial charge < -0.3 is 20.7 Å². The molecule has 2 amide bonds. The third-order valence-corrected chi connectivity index (χ3v) is 6.43. The second-order valence-electron chi connectivity index (χ2n) is 8.84. The van der Waals surface area contributed by atoms with Gasteiger partial charge in [0.05, 0.1) is 7.11 Å². The molecule has 0 radical (unpaired) electrons. The van der Waals surface area contributed by atoms with Crippen LogP contribution in [0.2, 0.25) is 0 Å². The van der Waals surface area contributed by atoms with Crippen molar-refractivity contribution in [1.82, 2.24) is 4.90 Å². The summed E-state index contributed by atoms with van der Waals surface area (Å²) in [6, 6.07) is 19.8. The summed E-state index contributed by atoms with van der Waals surface area (Å²) in [4.78, 5) is 27.7. The minimum atomic E-state index is -0.444. The van der Waals surface area contributed by atoms with E-state index in [0.29, 0.717) is 29.1 Å². The predicted molar refractivity (Wildman–Crippen MR) is 134 cm³/mol. The third kappa shape index (κ3) is 6.05. The Morgan fingerprint density at radius 1 is 1.00 bits per heavy atom. The van der Waals surface area contributed by atoms with Crippen LogP contribution in [-0.2, 0) is 6.54 Å². The van der Waals surface area contributed by atoms with Gasteiger partial charge in [0.2, 0.25) is 0 Å². The van der Waals surface area contributed by atoms with Crippen LogP contribution >= 0.6 is 0 Å². The molecule has 6 nitrogen and oxygen atoms in total. The molecule has 0 aromatic heterocycles. The lowest BCUT2D eigenvalue weighted by Gasteiger charge is -2.38. The second kappa shape index (κ2) is 11.1. The van der Waals surface area contributed by atoms with Crippen LogP contribution in [0.25, 0.3) is 0 Å². The Hall–Kier alpha value is -3.71. The molecule has 0 aliphatic heterocycles. The molecule has 0 spiro atoms. The standard InChI is InChI=1S/C28H30FN3O3/c1-35-24-15-11-20(12-16-24)27(33)31-23-13-9-19(10-14-23)18-32(26-8-3-2-7-25(26)30)28(34)21-5-4-6-22(29)17-21/h4-6,9-17,25-26H,2-3,7-8,18,30H2,1H3,(H,31,33). The highest BCUT2D eigenvalue weighted by atomic mass is 19.1. The molecule has 4 rings (SSSR count). The summed E-state index contributed by atoms with van der Waals surface area (Å²) in [6.45, 7) is 0.348. The Morgan fingerprint density at radius 3 is 2.37 bits per heavy atom. The topological polar surface area (TPSA) is 84.7 Å². The van der Waals surface area contributed by atoms with Crippen molar-refractivity contribution in [2.75, 3.05) is 12.4 Å². The lowest BCUT2D eigenvalue weighted by molar-refractivity contribution is 0.0583. The Kier molecular flexibility index (Phi) is 7.77. The molecular weight excluding hydrogens is 445 g/mol. The summed E-state index contributed by atoms with van der Waals surface area (Å²) >= 11 is 0. The van der Waals surface area contributed by atoms with Gasteiger partial charge in [0.15, 0.2) is 0 Å². The fraction of sp³-hybridized carbons (Fsp3) is 0.286. The molecule has 1 aliphatic rings. The minimum absolute atomic E-state index is 0.117. The number of anilines is 1. The van der Waals surface area contributed by atoms with Crippen molar-refractivity contribution >= 4 is 17.5 Å². The fourth-order valence-electron chi connectivity index (χ4n) is 4.49. The number of nitrogens with one attached hydrogen (secondary N) is 1. The number of carbonyl (C=O) groups is 2. The van der Waals surface area contributed by atoms with Crippen LogP contribution in [0.4, 0.5) is 10.1 Å². The first-order chi connectivity index (χ1) is 16.9. The molecule has 1 saturated carbocycles. The third-order valence-electron chi connectivity index (χ3n) is 6.43. The lowest BCUT2D eigenvalue weighted by atomic mass is 9.89. The Bertz CT molecular complexity index is 1160. The van der Waals surface area contributed by atoms with E-state index in [0.717, 1.165) is 31.2 Å². The fourth-order valence-corrected chi connectivity index (χ4v) is 4.49. The molecule has 2 unspecified atom stereocenters. The molecule has 2 atom stereocenters. The van der Waals surface area contributed by atoms with Gasteiger partial charge in [-0.05, 0) is 73.0 Å². The first-order valence-corrected chi connectivity index (χ1v) is 11.8. The number of amides is 2. The van der Waals surface area contributed by atoms with Crippen LogP contribution in [-0.4, -0.2) is 35.9 Å². The number of nitrogens with zero attached hydrogens (tertiary/aromatic N) is 1. The van der Waals surface area contributed by atoms with Crippen molar-refractivity contribution in [1.29, 1.82) is 0 Å². The van der Waals surface area contributed by atoms with Gasteiger partial charge in [0.1, 0.15) is 11.6 Å². The molecule has 182 valence electrons. The van der Waals surface area contributed by atoms with Crippen molar-refractivity contribution < 1.29 is 18.7 Å². The van der Waals surface area contributed by atoms with Crippen LogP contribution in [0.3, 0.4) is 0 Å². The summed E-state index contributed by atoms with van der Waals surface area (Å²) in [7, 11) is 1.57. The zero-order chi connectivity index (χ0) is 24.8. The number of ether oxygens (including phenoxy) is 1. The second-order valence-corrected chi connectivity index (χ2v) is 8.84. The molecule has 3 aromatic rings. The number of halogens is 1. The number of methoxy groups -OCH3 is 1. The molecule has 0 heterocycles. The van der Waals surface area contributed by atoms with Gasteiger partial charge in [-0.25, -0.2) is 4.39 Å². The SMILES string of the molecule is COc1ccc(C(=O)Nc2ccc(CN(C(=O)c3cccc(F)c3)C3CCCCC3N)cc2)cc1. The Morgan fingerprint density at radius 2 is 1.71 bits per heavy atom. The molecule has 1 fully saturated rings. The first-order valence-electron chi connectivity index (χ1n) is 11.8. The van der Waals surface area contributed by atoms with Crippen LogP contribution < -0.4 is 15.8 Å². The highest BCUT2D eigenvalue weighted by Gasteiger charge is 2.31. The van der Waals surface area contributed by atoms with E-state index in [2.05, 4.69) is 5.32 Å². The summed E-state index contributed by atoms with van der Waals surface area (Å²) in [5, 5.41) is 2.88. The summed E-state index contributed by atoms with van der Waals surface area (Å²) in [5.74, 6) is -0.221. The summed E-state index contributed by atoms with van der Waals surface area (Å²) in [5.41, 5.74) is 8.78. The number of hydrogen-bond acceptors (Lipinski definition) is 4. The van der Waals surface area contributed by atoms with Crippen LogP contribution in [0.5, 0.6) is 5.75 Å². The number of rotatable bonds is 7. The maximum Gasteiger partial charge on any atom is 0.255 e. The maximum absolute atomic E-state index is 13.8. The Labute approximate surface area is 204 Å². The highest BCUT2D eigenvalue weighted by molar-refractivity contribution is 6.04. The quantitative estimate of drug-likeness (QED) is 0.504. The monoisotopic (exact) mass is 475 g/mol. The molecule has 0 bridgehead atoms. The van der Waals surface area contributed by atoms with Crippen molar-refractivity contribution in [3.8, 4) is 5.75 Å². The van der Waals surface area contributed by atoms with E-state index in [4.69, 9.17) is 10.5 Å². The van der Waals surface area contributed by atoms with Crippen molar-refractivity contribution in [2.24, 2.45) is 5.73 Å². The molecule has 35 heavy (non-hydrogen) atoms. The molecular formula is C28H30FN3O3. The smallest absolute Gasteiger partial charge is 0.255 e. The predicted octanol–water partition coefficient (Wildman–Crippen LogP) is 5.00. The van der Waals surface area contributed by atoms with Gasteiger partial charge >= 0.3 is 0 Å². The molecule has 0 saturated heterocycles. The van der Waals surface area contributed by atoms with E-state index in [1.54, 1.807) is 48.4 Å². The molecule has 1 aliphatic carbocycles. The van der Waals surface area contributed by atoms with E-state index in [1.807, 2.05) is 24.3 Å². The van der Waals surface area contributed by atoms with Crippen molar-refractivity contribution in [2.45, 2.75) is 44.3 Å². The van der Waals surface area contributed by atoms with Gasteiger partial charge in [-0.3, -0.25) is 9.59 Å². The minimum Gasteiger partial charge on any atom is -0.497 e. The van der Waals surface area contributed by atoms with E-state index >= 15 is 0 Å². The summed E-state index contributed by atoms with van der Waals surface area (Å²) < 4.78 is 18.9.